The minimum absolute atomic E-state index is 0.274. The molecule has 3 heterocycles. The Balaban J connectivity index is 1.72. The summed E-state index contributed by atoms with van der Waals surface area (Å²) >= 11 is 3.26. The summed E-state index contributed by atoms with van der Waals surface area (Å²) in [6.07, 6.45) is 1.81. The van der Waals surface area contributed by atoms with E-state index in [1.807, 2.05) is 28.9 Å². The zero-order chi connectivity index (χ0) is 15.6. The van der Waals surface area contributed by atoms with E-state index in [2.05, 4.69) is 26.9 Å². The van der Waals surface area contributed by atoms with E-state index in [4.69, 9.17) is 9.47 Å². The Morgan fingerprint density at radius 1 is 1.17 bits per heavy atom. The number of benzene rings is 1. The van der Waals surface area contributed by atoms with Crippen LogP contribution in [0.4, 0.5) is 0 Å². The summed E-state index contributed by atoms with van der Waals surface area (Å²) in [5.41, 5.74) is 2.00. The van der Waals surface area contributed by atoms with Crippen molar-refractivity contribution in [2.45, 2.75) is 0 Å². The predicted octanol–water partition coefficient (Wildman–Crippen LogP) is 3.42. The van der Waals surface area contributed by atoms with Crippen molar-refractivity contribution in [2.75, 3.05) is 13.8 Å². The number of nitrogens with zero attached hydrogens (tertiary/aromatic N) is 3. The van der Waals surface area contributed by atoms with Gasteiger partial charge in [-0.15, -0.1) is 22.7 Å². The van der Waals surface area contributed by atoms with Gasteiger partial charge in [0.05, 0.1) is 16.8 Å². The van der Waals surface area contributed by atoms with Crippen LogP contribution in [-0.4, -0.2) is 24.7 Å². The molecule has 3 aromatic rings. The van der Waals surface area contributed by atoms with Crippen molar-refractivity contribution in [3.05, 3.63) is 51.5 Å². The Hall–Kier alpha value is -2.38. The molecule has 1 aromatic carbocycles. The Morgan fingerprint density at radius 2 is 2.09 bits per heavy atom. The van der Waals surface area contributed by atoms with Gasteiger partial charge in [-0.3, -0.25) is 4.99 Å². The monoisotopic (exact) mass is 343 g/mol. The van der Waals surface area contributed by atoms with Gasteiger partial charge in [0, 0.05) is 12.4 Å². The number of hydrogen-bond donors (Lipinski definition) is 0. The molecular formula is C16H13N3O2S2. The number of thiophene rings is 1. The molecule has 0 fully saturated rings. The zero-order valence-electron chi connectivity index (χ0n) is 12.3. The van der Waals surface area contributed by atoms with E-state index < -0.39 is 0 Å². The van der Waals surface area contributed by atoms with Crippen LogP contribution >= 0.6 is 22.7 Å². The smallest absolute Gasteiger partial charge is 0.231 e. The summed E-state index contributed by atoms with van der Waals surface area (Å²) < 4.78 is 12.6. The Labute approximate surface area is 140 Å². The molecule has 1 aliphatic heterocycles. The standard InChI is InChI=1S/C16H13N3O2S2/c1-17-16-19(12(9-23-16)15-3-2-6-22-15)18-8-11-4-5-13-14(7-11)21-10-20-13/h2-9H,10H2,1H3. The summed E-state index contributed by atoms with van der Waals surface area (Å²) in [5.74, 6) is 1.53. The molecule has 1 aliphatic rings. The highest BCUT2D eigenvalue weighted by atomic mass is 32.1. The number of rotatable bonds is 3. The lowest BCUT2D eigenvalue weighted by Gasteiger charge is -2.01. The lowest BCUT2D eigenvalue weighted by Crippen LogP contribution is -2.11. The van der Waals surface area contributed by atoms with Gasteiger partial charge in [-0.05, 0) is 35.2 Å². The fourth-order valence-electron chi connectivity index (χ4n) is 2.28. The largest absolute Gasteiger partial charge is 0.454 e. The highest BCUT2D eigenvalue weighted by Gasteiger charge is 2.13. The summed E-state index contributed by atoms with van der Waals surface area (Å²) in [7, 11) is 1.77. The second kappa shape index (κ2) is 6.02. The maximum Gasteiger partial charge on any atom is 0.231 e. The van der Waals surface area contributed by atoms with E-state index in [0.29, 0.717) is 0 Å². The molecule has 0 aliphatic carbocycles. The molecule has 7 heteroatoms. The fraction of sp³-hybridized carbons (Fsp3) is 0.125. The molecule has 5 nitrogen and oxygen atoms in total. The number of ether oxygens (including phenoxy) is 2. The molecule has 0 atom stereocenters. The molecule has 0 spiro atoms. The second-order valence-electron chi connectivity index (χ2n) is 4.77. The Kier molecular flexibility index (Phi) is 3.72. The number of hydrogen-bond acceptors (Lipinski definition) is 6. The molecular weight excluding hydrogens is 330 g/mol. The maximum absolute atomic E-state index is 5.40. The van der Waals surface area contributed by atoms with Crippen LogP contribution in [-0.2, 0) is 0 Å². The number of aromatic nitrogens is 1. The Bertz CT molecular complexity index is 923. The molecule has 0 unspecified atom stereocenters. The molecule has 0 N–H and O–H groups in total. The van der Waals surface area contributed by atoms with Crippen molar-refractivity contribution < 1.29 is 9.47 Å². The highest BCUT2D eigenvalue weighted by molar-refractivity contribution is 7.14. The van der Waals surface area contributed by atoms with Gasteiger partial charge in [0.2, 0.25) is 11.6 Å². The van der Waals surface area contributed by atoms with Gasteiger partial charge in [0.15, 0.2) is 11.5 Å². The summed E-state index contributed by atoms with van der Waals surface area (Å²) in [6, 6.07) is 9.89. The van der Waals surface area contributed by atoms with Crippen molar-refractivity contribution in [2.24, 2.45) is 10.1 Å². The van der Waals surface area contributed by atoms with Crippen LogP contribution in [0.5, 0.6) is 11.5 Å². The first-order chi connectivity index (χ1) is 11.3. The van der Waals surface area contributed by atoms with Crippen molar-refractivity contribution in [3.8, 4) is 22.1 Å². The van der Waals surface area contributed by atoms with Gasteiger partial charge in [-0.25, -0.2) is 4.68 Å². The predicted molar refractivity (Wildman–Crippen MR) is 92.7 cm³/mol. The SMILES string of the molecule is CN=c1scc(-c2cccs2)n1N=Cc1ccc2c(c1)OCO2. The summed E-state index contributed by atoms with van der Waals surface area (Å²) in [4.78, 5) is 6.32. The van der Waals surface area contributed by atoms with Crippen LogP contribution in [0.2, 0.25) is 0 Å². The third kappa shape index (κ3) is 2.69. The first-order valence-corrected chi connectivity index (χ1v) is 8.72. The molecule has 0 saturated carbocycles. The third-order valence-electron chi connectivity index (χ3n) is 3.37. The zero-order valence-corrected chi connectivity index (χ0v) is 13.9. The minimum atomic E-state index is 0.274. The molecule has 116 valence electrons. The van der Waals surface area contributed by atoms with Gasteiger partial charge in [-0.1, -0.05) is 6.07 Å². The van der Waals surface area contributed by atoms with Crippen LogP contribution < -0.4 is 14.3 Å². The lowest BCUT2D eigenvalue weighted by molar-refractivity contribution is 0.174. The molecule has 2 aromatic heterocycles. The molecule has 23 heavy (non-hydrogen) atoms. The summed E-state index contributed by atoms with van der Waals surface area (Å²) in [6.45, 7) is 0.274. The van der Waals surface area contributed by atoms with Crippen LogP contribution in [0, 0.1) is 0 Å². The van der Waals surface area contributed by atoms with E-state index in [0.717, 1.165) is 27.6 Å². The molecule has 4 rings (SSSR count). The van der Waals surface area contributed by atoms with E-state index >= 15 is 0 Å². The molecule has 0 radical (unpaired) electrons. The first-order valence-electron chi connectivity index (χ1n) is 6.96. The third-order valence-corrected chi connectivity index (χ3v) is 5.17. The lowest BCUT2D eigenvalue weighted by atomic mass is 10.2. The van der Waals surface area contributed by atoms with Crippen LogP contribution in [0.25, 0.3) is 10.6 Å². The van der Waals surface area contributed by atoms with Crippen LogP contribution in [0.3, 0.4) is 0 Å². The van der Waals surface area contributed by atoms with Gasteiger partial charge in [0.25, 0.3) is 0 Å². The average Bonchev–Trinajstić information content (AvgIpc) is 3.30. The average molecular weight is 343 g/mol. The van der Waals surface area contributed by atoms with E-state index in [-0.39, 0.29) is 6.79 Å². The molecule has 0 saturated heterocycles. The molecule has 0 amide bonds. The van der Waals surface area contributed by atoms with E-state index in [1.165, 1.54) is 4.88 Å². The Morgan fingerprint density at radius 3 is 2.91 bits per heavy atom. The van der Waals surface area contributed by atoms with E-state index in [9.17, 15) is 0 Å². The van der Waals surface area contributed by atoms with Gasteiger partial charge in [-0.2, -0.15) is 5.10 Å². The quantitative estimate of drug-likeness (QED) is 0.684. The fourth-order valence-corrected chi connectivity index (χ4v) is 3.87. The van der Waals surface area contributed by atoms with Gasteiger partial charge >= 0.3 is 0 Å². The van der Waals surface area contributed by atoms with Gasteiger partial charge < -0.3 is 9.47 Å². The normalized spacial score (nSPS) is 14.0. The van der Waals surface area contributed by atoms with Crippen molar-refractivity contribution in [1.29, 1.82) is 0 Å². The van der Waals surface area contributed by atoms with Crippen LogP contribution in [0.15, 0.2) is 51.2 Å². The minimum Gasteiger partial charge on any atom is -0.454 e. The maximum atomic E-state index is 5.40. The van der Waals surface area contributed by atoms with E-state index in [1.54, 1.807) is 35.9 Å². The van der Waals surface area contributed by atoms with Crippen molar-refractivity contribution in [3.63, 3.8) is 0 Å². The summed E-state index contributed by atoms with van der Waals surface area (Å²) in [5, 5.41) is 8.74. The van der Waals surface area contributed by atoms with Gasteiger partial charge in [0.1, 0.15) is 0 Å². The highest BCUT2D eigenvalue weighted by Crippen LogP contribution is 2.32. The molecule has 0 bridgehead atoms. The number of fused-ring (bicyclic) bond motifs is 1. The van der Waals surface area contributed by atoms with Crippen molar-refractivity contribution in [1.82, 2.24) is 4.68 Å². The first kappa shape index (κ1) is 14.2. The number of thiazole rings is 1. The topological polar surface area (TPSA) is 48.1 Å². The second-order valence-corrected chi connectivity index (χ2v) is 6.56. The van der Waals surface area contributed by atoms with Crippen molar-refractivity contribution >= 4 is 28.9 Å². The van der Waals surface area contributed by atoms with Crippen LogP contribution in [0.1, 0.15) is 5.56 Å².